The fraction of sp³-hybridized carbons (Fsp3) is 0.435. The lowest BCUT2D eigenvalue weighted by atomic mass is 9.99. The topological polar surface area (TPSA) is 24.8 Å². The lowest BCUT2D eigenvalue weighted by molar-refractivity contribution is -0.904. The molecule has 3 heteroatoms. The van der Waals surface area contributed by atoms with Gasteiger partial charge in [-0.3, -0.25) is 4.79 Å². The highest BCUT2D eigenvalue weighted by molar-refractivity contribution is 5.95. The van der Waals surface area contributed by atoms with Crippen molar-refractivity contribution in [2.24, 2.45) is 5.92 Å². The Morgan fingerprint density at radius 2 is 1.58 bits per heavy atom. The summed E-state index contributed by atoms with van der Waals surface area (Å²) in [6, 6.07) is 21.3. The van der Waals surface area contributed by atoms with Gasteiger partial charge in [0.05, 0.1) is 19.6 Å². The van der Waals surface area contributed by atoms with Crippen molar-refractivity contribution in [3.63, 3.8) is 0 Å². The van der Waals surface area contributed by atoms with Crippen molar-refractivity contribution >= 4 is 11.6 Å². The Balaban J connectivity index is 1.60. The van der Waals surface area contributed by atoms with Gasteiger partial charge in [0.15, 0.2) is 0 Å². The van der Waals surface area contributed by atoms with E-state index in [-0.39, 0.29) is 11.8 Å². The van der Waals surface area contributed by atoms with Crippen molar-refractivity contribution in [1.82, 2.24) is 0 Å². The number of likely N-dealkylation sites (tertiary alicyclic amines) is 1. The maximum atomic E-state index is 12.9. The zero-order chi connectivity index (χ0) is 18.4. The van der Waals surface area contributed by atoms with Crippen molar-refractivity contribution in [2.45, 2.75) is 39.2 Å². The molecule has 138 valence electrons. The molecule has 0 radical (unpaired) electrons. The minimum atomic E-state index is 0.0265. The molecule has 0 unspecified atom stereocenters. The number of quaternary nitrogens is 1. The molecular weight excluding hydrogens is 320 g/mol. The molecule has 1 heterocycles. The molecule has 0 saturated carbocycles. The van der Waals surface area contributed by atoms with Crippen LogP contribution in [0.5, 0.6) is 0 Å². The van der Waals surface area contributed by atoms with Crippen molar-refractivity contribution in [3.8, 4) is 0 Å². The first kappa shape index (κ1) is 18.7. The monoisotopic (exact) mass is 351 g/mol. The molecule has 2 aromatic rings. The molecule has 1 fully saturated rings. The van der Waals surface area contributed by atoms with Gasteiger partial charge in [0, 0.05) is 36.9 Å². The average Bonchev–Trinajstić information content (AvgIpc) is 2.69. The van der Waals surface area contributed by atoms with Crippen LogP contribution in [-0.2, 0) is 11.2 Å². The fourth-order valence-corrected chi connectivity index (χ4v) is 3.87. The SMILES string of the molecule is CC(C)C(=O)N(c1ccccc1)C1CC[NH+](CCc2ccccc2)CC1. The van der Waals surface area contributed by atoms with Crippen LogP contribution in [0.2, 0.25) is 0 Å². The Labute approximate surface area is 157 Å². The summed E-state index contributed by atoms with van der Waals surface area (Å²) < 4.78 is 0. The van der Waals surface area contributed by atoms with Crippen LogP contribution in [0.25, 0.3) is 0 Å². The van der Waals surface area contributed by atoms with E-state index < -0.39 is 0 Å². The summed E-state index contributed by atoms with van der Waals surface area (Å²) in [5.74, 6) is 0.271. The first-order valence-electron chi connectivity index (χ1n) is 9.90. The molecule has 0 spiro atoms. The van der Waals surface area contributed by atoms with Crippen LogP contribution in [0, 0.1) is 5.92 Å². The van der Waals surface area contributed by atoms with Crippen LogP contribution in [0.3, 0.4) is 0 Å². The highest BCUT2D eigenvalue weighted by Gasteiger charge is 2.31. The maximum Gasteiger partial charge on any atom is 0.229 e. The summed E-state index contributed by atoms with van der Waals surface area (Å²) in [7, 11) is 0. The van der Waals surface area contributed by atoms with Crippen molar-refractivity contribution in [1.29, 1.82) is 0 Å². The van der Waals surface area contributed by atoms with E-state index in [1.807, 2.05) is 32.0 Å². The Bertz CT molecular complexity index is 676. The Hall–Kier alpha value is -2.13. The molecule has 1 saturated heterocycles. The van der Waals surface area contributed by atoms with Gasteiger partial charge in [-0.1, -0.05) is 62.4 Å². The molecule has 1 aliphatic heterocycles. The third kappa shape index (κ3) is 4.73. The van der Waals surface area contributed by atoms with E-state index in [0.29, 0.717) is 6.04 Å². The maximum absolute atomic E-state index is 12.9. The zero-order valence-electron chi connectivity index (χ0n) is 16.0. The second kappa shape index (κ2) is 9.00. The largest absolute Gasteiger partial charge is 0.335 e. The van der Waals surface area contributed by atoms with E-state index in [1.165, 1.54) is 12.1 Å². The van der Waals surface area contributed by atoms with E-state index in [2.05, 4.69) is 47.4 Å². The number of carbonyl (C=O) groups excluding carboxylic acids is 1. The molecule has 0 bridgehead atoms. The number of hydrogen-bond donors (Lipinski definition) is 1. The number of amides is 1. The first-order chi connectivity index (χ1) is 12.6. The van der Waals surface area contributed by atoms with Gasteiger partial charge < -0.3 is 9.80 Å². The minimum absolute atomic E-state index is 0.0265. The molecule has 0 aromatic heterocycles. The third-order valence-corrected chi connectivity index (χ3v) is 5.40. The van der Waals surface area contributed by atoms with E-state index in [1.54, 1.807) is 4.90 Å². The zero-order valence-corrected chi connectivity index (χ0v) is 16.0. The molecule has 3 rings (SSSR count). The van der Waals surface area contributed by atoms with E-state index in [9.17, 15) is 4.79 Å². The van der Waals surface area contributed by atoms with Gasteiger partial charge in [0.2, 0.25) is 5.91 Å². The van der Waals surface area contributed by atoms with Gasteiger partial charge in [-0.05, 0) is 17.7 Å². The van der Waals surface area contributed by atoms with Crippen LogP contribution in [-0.4, -0.2) is 31.6 Å². The molecular formula is C23H31N2O+. The van der Waals surface area contributed by atoms with Crippen LogP contribution in [0.15, 0.2) is 60.7 Å². The Morgan fingerprint density at radius 1 is 1.00 bits per heavy atom. The second-order valence-corrected chi connectivity index (χ2v) is 7.67. The van der Waals surface area contributed by atoms with E-state index >= 15 is 0 Å². The Morgan fingerprint density at radius 3 is 2.15 bits per heavy atom. The molecule has 1 N–H and O–H groups in total. The lowest BCUT2D eigenvalue weighted by Crippen LogP contribution is -3.13. The van der Waals surface area contributed by atoms with Gasteiger partial charge in [-0.15, -0.1) is 0 Å². The van der Waals surface area contributed by atoms with Crippen LogP contribution in [0.1, 0.15) is 32.3 Å². The average molecular weight is 352 g/mol. The highest BCUT2D eigenvalue weighted by atomic mass is 16.2. The summed E-state index contributed by atoms with van der Waals surface area (Å²) >= 11 is 0. The van der Waals surface area contributed by atoms with Gasteiger partial charge in [0.25, 0.3) is 0 Å². The second-order valence-electron chi connectivity index (χ2n) is 7.67. The number of nitrogens with one attached hydrogen (secondary N) is 1. The van der Waals surface area contributed by atoms with Crippen LogP contribution >= 0.6 is 0 Å². The number of anilines is 1. The Kier molecular flexibility index (Phi) is 6.45. The van der Waals surface area contributed by atoms with Gasteiger partial charge in [-0.2, -0.15) is 0 Å². The number of para-hydroxylation sites is 1. The molecule has 2 aromatic carbocycles. The van der Waals surface area contributed by atoms with E-state index in [0.717, 1.165) is 38.0 Å². The van der Waals surface area contributed by atoms with Gasteiger partial charge >= 0.3 is 0 Å². The molecule has 3 nitrogen and oxygen atoms in total. The van der Waals surface area contributed by atoms with E-state index in [4.69, 9.17) is 0 Å². The molecule has 0 aliphatic carbocycles. The summed E-state index contributed by atoms with van der Waals surface area (Å²) in [6.45, 7) is 7.47. The standard InChI is InChI=1S/C23H30N2O/c1-19(2)23(26)25(21-11-7-4-8-12-21)22-14-17-24(18-15-22)16-13-20-9-5-3-6-10-20/h3-12,19,22H,13-18H2,1-2H3/p+1. The number of nitrogens with zero attached hydrogens (tertiary/aromatic N) is 1. The number of carbonyl (C=O) groups is 1. The molecule has 0 atom stereocenters. The number of piperidine rings is 1. The molecule has 26 heavy (non-hydrogen) atoms. The van der Waals surface area contributed by atoms with Gasteiger partial charge in [-0.25, -0.2) is 0 Å². The highest BCUT2D eigenvalue weighted by Crippen LogP contribution is 2.23. The van der Waals surface area contributed by atoms with Gasteiger partial charge in [0.1, 0.15) is 0 Å². The summed E-state index contributed by atoms with van der Waals surface area (Å²) in [4.78, 5) is 16.6. The summed E-state index contributed by atoms with van der Waals surface area (Å²) in [5.41, 5.74) is 2.46. The van der Waals surface area contributed by atoms with Crippen LogP contribution in [0.4, 0.5) is 5.69 Å². The predicted octanol–water partition coefficient (Wildman–Crippen LogP) is 2.97. The lowest BCUT2D eigenvalue weighted by Gasteiger charge is -2.37. The quantitative estimate of drug-likeness (QED) is 0.850. The first-order valence-corrected chi connectivity index (χ1v) is 9.90. The third-order valence-electron chi connectivity index (χ3n) is 5.40. The summed E-state index contributed by atoms with van der Waals surface area (Å²) in [5, 5.41) is 0. The molecule has 1 aliphatic rings. The minimum Gasteiger partial charge on any atom is -0.335 e. The normalized spacial score (nSPS) is 20.1. The number of rotatable bonds is 6. The predicted molar refractivity (Wildman–Crippen MR) is 107 cm³/mol. The fourth-order valence-electron chi connectivity index (χ4n) is 3.87. The molecule has 1 amide bonds. The van der Waals surface area contributed by atoms with Crippen LogP contribution < -0.4 is 9.80 Å². The van der Waals surface area contributed by atoms with Crippen molar-refractivity contribution < 1.29 is 9.69 Å². The van der Waals surface area contributed by atoms with Crippen molar-refractivity contribution in [3.05, 3.63) is 66.2 Å². The summed E-state index contributed by atoms with van der Waals surface area (Å²) in [6.07, 6.45) is 3.29. The smallest absolute Gasteiger partial charge is 0.229 e. The number of hydrogen-bond acceptors (Lipinski definition) is 1. The number of benzene rings is 2. The van der Waals surface area contributed by atoms with Crippen molar-refractivity contribution in [2.75, 3.05) is 24.5 Å².